The van der Waals surface area contributed by atoms with Gasteiger partial charge >= 0.3 is 0 Å². The van der Waals surface area contributed by atoms with Crippen molar-refractivity contribution in [3.63, 3.8) is 0 Å². The second-order valence-corrected chi connectivity index (χ2v) is 4.56. The number of nitrogens with zero attached hydrogens (tertiary/aromatic N) is 1. The van der Waals surface area contributed by atoms with Crippen molar-refractivity contribution >= 4 is 29.0 Å². The summed E-state index contributed by atoms with van der Waals surface area (Å²) < 4.78 is 0. The van der Waals surface area contributed by atoms with Crippen LogP contribution in [-0.2, 0) is 0 Å². The van der Waals surface area contributed by atoms with E-state index in [0.717, 1.165) is 19.4 Å². The van der Waals surface area contributed by atoms with E-state index in [0.29, 0.717) is 28.3 Å². The molecule has 1 aromatic rings. The van der Waals surface area contributed by atoms with Crippen molar-refractivity contribution < 1.29 is 0 Å². The van der Waals surface area contributed by atoms with Crippen molar-refractivity contribution in [2.45, 2.75) is 19.8 Å². The number of pyridine rings is 1. The van der Waals surface area contributed by atoms with Gasteiger partial charge in [0.15, 0.2) is 0 Å². The average molecular weight is 262 g/mol. The predicted molar refractivity (Wildman–Crippen MR) is 70.2 cm³/mol. The van der Waals surface area contributed by atoms with Gasteiger partial charge in [-0.25, -0.2) is 4.98 Å². The molecular formula is C11H17Cl2N3. The summed E-state index contributed by atoms with van der Waals surface area (Å²) in [5.74, 6) is 1.24. The molecule has 0 radical (unpaired) electrons. The van der Waals surface area contributed by atoms with E-state index in [-0.39, 0.29) is 0 Å². The monoisotopic (exact) mass is 261 g/mol. The lowest BCUT2D eigenvalue weighted by atomic mass is 10.0. The Morgan fingerprint density at radius 2 is 2.25 bits per heavy atom. The van der Waals surface area contributed by atoms with Crippen LogP contribution in [0.2, 0.25) is 10.0 Å². The van der Waals surface area contributed by atoms with Crippen molar-refractivity contribution in [3.05, 3.63) is 22.3 Å². The fourth-order valence-corrected chi connectivity index (χ4v) is 1.92. The Bertz CT molecular complexity index is 331. The minimum Gasteiger partial charge on any atom is -0.369 e. The first-order chi connectivity index (χ1) is 7.67. The lowest BCUT2D eigenvalue weighted by Crippen LogP contribution is -2.18. The van der Waals surface area contributed by atoms with Crippen molar-refractivity contribution in [1.29, 1.82) is 0 Å². The number of anilines is 1. The second kappa shape index (κ2) is 6.94. The summed E-state index contributed by atoms with van der Waals surface area (Å²) in [6, 6.07) is 1.68. The Kier molecular flexibility index (Phi) is 5.88. The van der Waals surface area contributed by atoms with Crippen LogP contribution in [0.1, 0.15) is 19.8 Å². The molecule has 0 bridgehead atoms. The van der Waals surface area contributed by atoms with Gasteiger partial charge in [-0.3, -0.25) is 0 Å². The van der Waals surface area contributed by atoms with Gasteiger partial charge in [-0.1, -0.05) is 36.5 Å². The van der Waals surface area contributed by atoms with Crippen LogP contribution in [0.4, 0.5) is 5.82 Å². The molecule has 1 unspecified atom stereocenters. The van der Waals surface area contributed by atoms with E-state index in [4.69, 9.17) is 28.9 Å². The number of aromatic nitrogens is 1. The number of hydrogen-bond acceptors (Lipinski definition) is 3. The molecule has 0 fully saturated rings. The Labute approximate surface area is 106 Å². The molecule has 0 aliphatic carbocycles. The lowest BCUT2D eigenvalue weighted by molar-refractivity contribution is 0.501. The van der Waals surface area contributed by atoms with Crippen LogP contribution in [0.25, 0.3) is 0 Å². The van der Waals surface area contributed by atoms with Crippen LogP contribution in [0.5, 0.6) is 0 Å². The van der Waals surface area contributed by atoms with Crippen molar-refractivity contribution in [3.8, 4) is 0 Å². The van der Waals surface area contributed by atoms with Crippen LogP contribution >= 0.6 is 23.2 Å². The highest BCUT2D eigenvalue weighted by atomic mass is 35.5. The molecule has 0 saturated heterocycles. The zero-order chi connectivity index (χ0) is 12.0. The van der Waals surface area contributed by atoms with E-state index in [1.54, 1.807) is 12.3 Å². The third-order valence-corrected chi connectivity index (χ3v) is 3.01. The van der Waals surface area contributed by atoms with Gasteiger partial charge in [-0.15, -0.1) is 0 Å². The van der Waals surface area contributed by atoms with Gasteiger partial charge in [0.05, 0.1) is 10.0 Å². The summed E-state index contributed by atoms with van der Waals surface area (Å²) in [4.78, 5) is 4.14. The molecule has 0 amide bonds. The van der Waals surface area contributed by atoms with Crippen LogP contribution in [-0.4, -0.2) is 18.1 Å². The molecule has 0 spiro atoms. The summed E-state index contributed by atoms with van der Waals surface area (Å²) in [5, 5.41) is 4.32. The number of nitrogens with two attached hydrogens (primary N) is 1. The summed E-state index contributed by atoms with van der Waals surface area (Å²) >= 11 is 11.8. The molecule has 0 saturated carbocycles. The van der Waals surface area contributed by atoms with E-state index >= 15 is 0 Å². The molecule has 1 rings (SSSR count). The lowest BCUT2D eigenvalue weighted by Gasteiger charge is -2.15. The average Bonchev–Trinajstić information content (AvgIpc) is 2.26. The number of rotatable bonds is 6. The van der Waals surface area contributed by atoms with E-state index in [9.17, 15) is 0 Å². The zero-order valence-corrected chi connectivity index (χ0v) is 10.9. The summed E-state index contributed by atoms with van der Waals surface area (Å²) in [7, 11) is 0. The Morgan fingerprint density at radius 3 is 2.81 bits per heavy atom. The highest BCUT2D eigenvalue weighted by molar-refractivity contribution is 6.35. The first-order valence-electron chi connectivity index (χ1n) is 5.42. The number of halogens is 2. The molecule has 90 valence electrons. The SMILES string of the molecule is CCC(CCN)CNc1ncc(Cl)cc1Cl. The standard InChI is InChI=1S/C11H17Cl2N3/c1-2-8(3-4-14)6-15-11-10(13)5-9(12)7-16-11/h5,7-8H,2-4,6,14H2,1H3,(H,15,16). The maximum atomic E-state index is 6.00. The number of nitrogens with one attached hydrogen (secondary N) is 1. The highest BCUT2D eigenvalue weighted by Gasteiger charge is 2.07. The van der Waals surface area contributed by atoms with Crippen LogP contribution in [0.15, 0.2) is 12.3 Å². The Hall–Kier alpha value is -0.510. The van der Waals surface area contributed by atoms with E-state index in [1.807, 2.05) is 0 Å². The van der Waals surface area contributed by atoms with E-state index in [1.165, 1.54) is 0 Å². The summed E-state index contributed by atoms with van der Waals surface area (Å²) in [6.07, 6.45) is 3.68. The Balaban J connectivity index is 2.53. The normalized spacial score (nSPS) is 12.5. The third-order valence-electron chi connectivity index (χ3n) is 2.52. The molecule has 16 heavy (non-hydrogen) atoms. The van der Waals surface area contributed by atoms with Gasteiger partial charge in [-0.2, -0.15) is 0 Å². The topological polar surface area (TPSA) is 50.9 Å². The quantitative estimate of drug-likeness (QED) is 0.827. The second-order valence-electron chi connectivity index (χ2n) is 3.72. The molecule has 1 heterocycles. The minimum absolute atomic E-state index is 0.546. The molecule has 0 aromatic carbocycles. The van der Waals surface area contributed by atoms with Crippen molar-refractivity contribution in [1.82, 2.24) is 4.98 Å². The number of hydrogen-bond donors (Lipinski definition) is 2. The molecular weight excluding hydrogens is 245 g/mol. The zero-order valence-electron chi connectivity index (χ0n) is 9.34. The fraction of sp³-hybridized carbons (Fsp3) is 0.545. The predicted octanol–water partition coefficient (Wildman–Crippen LogP) is 3.18. The van der Waals surface area contributed by atoms with Crippen LogP contribution < -0.4 is 11.1 Å². The Morgan fingerprint density at radius 1 is 1.50 bits per heavy atom. The first-order valence-corrected chi connectivity index (χ1v) is 6.18. The van der Waals surface area contributed by atoms with Crippen LogP contribution in [0, 0.1) is 5.92 Å². The van der Waals surface area contributed by atoms with Gasteiger partial charge < -0.3 is 11.1 Å². The maximum Gasteiger partial charge on any atom is 0.144 e. The molecule has 1 atom stereocenters. The van der Waals surface area contributed by atoms with Gasteiger partial charge in [0.2, 0.25) is 0 Å². The highest BCUT2D eigenvalue weighted by Crippen LogP contribution is 2.23. The first kappa shape index (κ1) is 13.6. The summed E-state index contributed by atoms with van der Waals surface area (Å²) in [5.41, 5.74) is 5.54. The smallest absolute Gasteiger partial charge is 0.144 e. The van der Waals surface area contributed by atoms with E-state index in [2.05, 4.69) is 17.2 Å². The van der Waals surface area contributed by atoms with Gasteiger partial charge in [-0.05, 0) is 24.9 Å². The molecule has 3 N–H and O–H groups in total. The minimum atomic E-state index is 0.546. The molecule has 3 nitrogen and oxygen atoms in total. The molecule has 5 heteroatoms. The molecule has 0 aliphatic heterocycles. The van der Waals surface area contributed by atoms with E-state index < -0.39 is 0 Å². The van der Waals surface area contributed by atoms with Gasteiger partial charge in [0, 0.05) is 12.7 Å². The largest absolute Gasteiger partial charge is 0.369 e. The van der Waals surface area contributed by atoms with Gasteiger partial charge in [0.1, 0.15) is 5.82 Å². The van der Waals surface area contributed by atoms with Gasteiger partial charge in [0.25, 0.3) is 0 Å². The molecule has 1 aromatic heterocycles. The third kappa shape index (κ3) is 4.16. The fourth-order valence-electron chi connectivity index (χ4n) is 1.47. The molecule has 0 aliphatic rings. The van der Waals surface area contributed by atoms with Crippen molar-refractivity contribution in [2.24, 2.45) is 11.7 Å². The summed E-state index contributed by atoms with van der Waals surface area (Å²) in [6.45, 7) is 3.70. The van der Waals surface area contributed by atoms with Crippen molar-refractivity contribution in [2.75, 3.05) is 18.4 Å². The maximum absolute atomic E-state index is 6.00. The van der Waals surface area contributed by atoms with Crippen LogP contribution in [0.3, 0.4) is 0 Å².